The van der Waals surface area contributed by atoms with E-state index < -0.39 is 0 Å². The summed E-state index contributed by atoms with van der Waals surface area (Å²) in [5.74, 6) is 0. The van der Waals surface area contributed by atoms with Crippen molar-refractivity contribution in [1.82, 2.24) is 10.2 Å². The summed E-state index contributed by atoms with van der Waals surface area (Å²) in [6, 6.07) is 0.785. The van der Waals surface area contributed by atoms with Crippen molar-refractivity contribution in [1.29, 1.82) is 0 Å². The molecule has 84 valence electrons. The molecule has 1 aliphatic heterocycles. The Balaban J connectivity index is 1.99. The molecule has 1 saturated heterocycles. The molecule has 0 aliphatic carbocycles. The number of nitrogens with one attached hydrogen (secondary N) is 1. The van der Waals surface area contributed by atoms with Gasteiger partial charge in [0.05, 0.1) is 6.61 Å². The van der Waals surface area contributed by atoms with E-state index in [-0.39, 0.29) is 0 Å². The third kappa shape index (κ3) is 4.40. The van der Waals surface area contributed by atoms with Crippen molar-refractivity contribution in [2.45, 2.75) is 32.2 Å². The zero-order valence-electron chi connectivity index (χ0n) is 9.59. The zero-order valence-corrected chi connectivity index (χ0v) is 9.59. The first kappa shape index (κ1) is 12.0. The highest BCUT2D eigenvalue weighted by Gasteiger charge is 2.16. The first-order chi connectivity index (χ1) is 6.84. The minimum atomic E-state index is 0.785. The molecule has 1 heterocycles. The lowest BCUT2D eigenvalue weighted by Gasteiger charge is -2.33. The third-order valence-corrected chi connectivity index (χ3v) is 3.00. The van der Waals surface area contributed by atoms with Gasteiger partial charge in [-0.25, -0.2) is 0 Å². The van der Waals surface area contributed by atoms with Crippen LogP contribution in [0, 0.1) is 0 Å². The largest absolute Gasteiger partial charge is 0.383 e. The van der Waals surface area contributed by atoms with Gasteiger partial charge in [0.1, 0.15) is 0 Å². The van der Waals surface area contributed by atoms with Crippen LogP contribution >= 0.6 is 0 Å². The van der Waals surface area contributed by atoms with Crippen molar-refractivity contribution < 1.29 is 4.74 Å². The molecule has 3 nitrogen and oxygen atoms in total. The molecule has 0 amide bonds. The average molecular weight is 200 g/mol. The van der Waals surface area contributed by atoms with Crippen LogP contribution in [-0.2, 0) is 4.74 Å². The van der Waals surface area contributed by atoms with Crippen LogP contribution < -0.4 is 5.32 Å². The van der Waals surface area contributed by atoms with Gasteiger partial charge in [-0.2, -0.15) is 0 Å². The molecule has 0 aromatic rings. The molecule has 1 aliphatic rings. The zero-order chi connectivity index (χ0) is 10.2. The second-order valence-corrected chi connectivity index (χ2v) is 4.12. The number of nitrogens with zero attached hydrogens (tertiary/aromatic N) is 1. The van der Waals surface area contributed by atoms with E-state index in [0.29, 0.717) is 0 Å². The topological polar surface area (TPSA) is 24.5 Å². The number of methoxy groups -OCH3 is 1. The van der Waals surface area contributed by atoms with Crippen molar-refractivity contribution in [3.63, 3.8) is 0 Å². The Morgan fingerprint density at radius 1 is 1.36 bits per heavy atom. The van der Waals surface area contributed by atoms with Crippen molar-refractivity contribution in [2.24, 2.45) is 0 Å². The fourth-order valence-electron chi connectivity index (χ4n) is 2.01. The number of likely N-dealkylation sites (tertiary alicyclic amines) is 1. The fraction of sp³-hybridized carbons (Fsp3) is 1.00. The second kappa shape index (κ2) is 7.21. The van der Waals surface area contributed by atoms with E-state index in [1.54, 1.807) is 7.11 Å². The molecule has 1 N–H and O–H groups in total. The highest BCUT2D eigenvalue weighted by molar-refractivity contribution is 4.73. The van der Waals surface area contributed by atoms with E-state index in [9.17, 15) is 0 Å². The normalized spacial score (nSPS) is 24.0. The molecule has 0 aromatic carbocycles. The van der Waals surface area contributed by atoms with Crippen LogP contribution in [0.1, 0.15) is 26.2 Å². The number of ether oxygens (including phenoxy) is 1. The predicted octanol–water partition coefficient (Wildman–Crippen LogP) is 1.10. The monoisotopic (exact) mass is 200 g/mol. The Kier molecular flexibility index (Phi) is 6.15. The lowest BCUT2D eigenvalue weighted by molar-refractivity contribution is 0.157. The Morgan fingerprint density at radius 3 is 2.93 bits per heavy atom. The quantitative estimate of drug-likeness (QED) is 0.650. The first-order valence-electron chi connectivity index (χ1n) is 5.78. The van der Waals surface area contributed by atoms with E-state index in [4.69, 9.17) is 4.74 Å². The van der Waals surface area contributed by atoms with Gasteiger partial charge < -0.3 is 10.1 Å². The van der Waals surface area contributed by atoms with Gasteiger partial charge in [-0.1, -0.05) is 6.42 Å². The lowest BCUT2D eigenvalue weighted by atomic mass is 10.0. The van der Waals surface area contributed by atoms with Gasteiger partial charge in [0.25, 0.3) is 0 Å². The van der Waals surface area contributed by atoms with Crippen molar-refractivity contribution in [3.8, 4) is 0 Å². The van der Waals surface area contributed by atoms with Crippen LogP contribution in [0.15, 0.2) is 0 Å². The molecular weight excluding hydrogens is 176 g/mol. The molecule has 1 rings (SSSR count). The molecule has 0 radical (unpaired) electrons. The fourth-order valence-corrected chi connectivity index (χ4v) is 2.01. The standard InChI is InChI=1S/C11H24N2O/c1-11-5-3-4-8-13(11)9-6-12-7-10-14-2/h11-12H,3-10H2,1-2H3. The van der Waals surface area contributed by atoms with Crippen LogP contribution in [0.5, 0.6) is 0 Å². The minimum absolute atomic E-state index is 0.785. The molecule has 0 spiro atoms. The Labute approximate surface area is 87.8 Å². The van der Waals surface area contributed by atoms with Gasteiger partial charge in [-0.3, -0.25) is 4.90 Å². The smallest absolute Gasteiger partial charge is 0.0587 e. The summed E-state index contributed by atoms with van der Waals surface area (Å²) in [7, 11) is 1.74. The number of rotatable bonds is 6. The van der Waals surface area contributed by atoms with E-state index in [1.165, 1.54) is 32.4 Å². The van der Waals surface area contributed by atoms with Gasteiger partial charge in [0, 0.05) is 32.8 Å². The van der Waals surface area contributed by atoms with Crippen LogP contribution in [-0.4, -0.2) is 50.8 Å². The number of piperidine rings is 1. The molecular formula is C11H24N2O. The van der Waals surface area contributed by atoms with Crippen LogP contribution in [0.4, 0.5) is 0 Å². The highest BCUT2D eigenvalue weighted by atomic mass is 16.5. The predicted molar refractivity (Wildman–Crippen MR) is 59.6 cm³/mol. The molecule has 14 heavy (non-hydrogen) atoms. The summed E-state index contributed by atoms with van der Waals surface area (Å²) >= 11 is 0. The van der Waals surface area contributed by atoms with E-state index in [0.717, 1.165) is 25.7 Å². The summed E-state index contributed by atoms with van der Waals surface area (Å²) in [5.41, 5.74) is 0. The summed E-state index contributed by atoms with van der Waals surface area (Å²) in [5, 5.41) is 3.39. The van der Waals surface area contributed by atoms with E-state index in [1.807, 2.05) is 0 Å². The molecule has 1 fully saturated rings. The minimum Gasteiger partial charge on any atom is -0.383 e. The Bertz CT molecular complexity index is 141. The van der Waals surface area contributed by atoms with Gasteiger partial charge >= 0.3 is 0 Å². The summed E-state index contributed by atoms with van der Waals surface area (Å²) in [4.78, 5) is 2.59. The van der Waals surface area contributed by atoms with Gasteiger partial charge in [0.15, 0.2) is 0 Å². The Morgan fingerprint density at radius 2 is 2.21 bits per heavy atom. The number of hydrogen-bond acceptors (Lipinski definition) is 3. The molecule has 3 heteroatoms. The molecule has 0 bridgehead atoms. The van der Waals surface area contributed by atoms with Crippen LogP contribution in [0.25, 0.3) is 0 Å². The van der Waals surface area contributed by atoms with Gasteiger partial charge in [-0.05, 0) is 26.3 Å². The third-order valence-electron chi connectivity index (χ3n) is 3.00. The Hall–Kier alpha value is -0.120. The molecule has 0 saturated carbocycles. The maximum atomic E-state index is 4.98. The summed E-state index contributed by atoms with van der Waals surface area (Å²) < 4.78 is 4.98. The number of hydrogen-bond donors (Lipinski definition) is 1. The van der Waals surface area contributed by atoms with E-state index >= 15 is 0 Å². The van der Waals surface area contributed by atoms with Crippen LogP contribution in [0.3, 0.4) is 0 Å². The van der Waals surface area contributed by atoms with Crippen molar-refractivity contribution in [3.05, 3.63) is 0 Å². The average Bonchev–Trinajstić information content (AvgIpc) is 2.20. The van der Waals surface area contributed by atoms with Crippen molar-refractivity contribution >= 4 is 0 Å². The summed E-state index contributed by atoms with van der Waals surface area (Å²) in [6.45, 7) is 7.69. The van der Waals surface area contributed by atoms with E-state index in [2.05, 4.69) is 17.1 Å². The highest BCUT2D eigenvalue weighted by Crippen LogP contribution is 2.15. The van der Waals surface area contributed by atoms with Gasteiger partial charge in [0.2, 0.25) is 0 Å². The lowest BCUT2D eigenvalue weighted by Crippen LogP contribution is -2.41. The summed E-state index contributed by atoms with van der Waals surface area (Å²) in [6.07, 6.45) is 4.16. The van der Waals surface area contributed by atoms with Crippen molar-refractivity contribution in [2.75, 3.05) is 39.9 Å². The SMILES string of the molecule is COCCNCCN1CCCCC1C. The molecule has 0 aromatic heterocycles. The van der Waals surface area contributed by atoms with Crippen LogP contribution in [0.2, 0.25) is 0 Å². The van der Waals surface area contributed by atoms with Gasteiger partial charge in [-0.15, -0.1) is 0 Å². The molecule has 1 unspecified atom stereocenters. The first-order valence-corrected chi connectivity index (χ1v) is 5.78. The second-order valence-electron chi connectivity index (χ2n) is 4.12. The maximum absolute atomic E-state index is 4.98. The molecule has 1 atom stereocenters. The maximum Gasteiger partial charge on any atom is 0.0587 e.